The topological polar surface area (TPSA) is 37.6 Å². The van der Waals surface area contributed by atoms with Gasteiger partial charge in [0.05, 0.1) is 0 Å². The zero-order chi connectivity index (χ0) is 14.8. The molecule has 4 heteroatoms. The fourth-order valence-corrected chi connectivity index (χ4v) is 3.35. The van der Waals surface area contributed by atoms with Crippen LogP contribution in [0.5, 0.6) is 0 Å². The fraction of sp³-hybridized carbons (Fsp3) is 0.529. The maximum atomic E-state index is 11.5. The van der Waals surface area contributed by atoms with Crippen LogP contribution in [0.2, 0.25) is 0 Å². The number of fused-ring (bicyclic) bond motifs is 1. The van der Waals surface area contributed by atoms with Gasteiger partial charge in [-0.1, -0.05) is 19.9 Å². The molecular weight excluding hydrogens is 262 g/mol. The summed E-state index contributed by atoms with van der Waals surface area (Å²) >= 11 is 0. The highest BCUT2D eigenvalue weighted by atomic mass is 16.1. The number of imidazole rings is 1. The second kappa shape index (κ2) is 5.88. The lowest BCUT2D eigenvalue weighted by Gasteiger charge is -2.21. The smallest absolute Gasteiger partial charge is 0.170 e. The lowest BCUT2D eigenvalue weighted by Crippen LogP contribution is -2.26. The maximum Gasteiger partial charge on any atom is 0.170 e. The summed E-state index contributed by atoms with van der Waals surface area (Å²) in [6.45, 7) is 6.60. The van der Waals surface area contributed by atoms with Gasteiger partial charge in [-0.15, -0.1) is 0 Å². The van der Waals surface area contributed by atoms with Crippen LogP contribution in [0, 0.1) is 11.8 Å². The summed E-state index contributed by atoms with van der Waals surface area (Å²) in [5, 5.41) is 0. The van der Waals surface area contributed by atoms with E-state index in [0.717, 1.165) is 42.7 Å². The highest BCUT2D eigenvalue weighted by Gasteiger charge is 2.23. The summed E-state index contributed by atoms with van der Waals surface area (Å²) in [6, 6.07) is 5.84. The average Bonchev–Trinajstić information content (AvgIpc) is 2.68. The lowest BCUT2D eigenvalue weighted by molar-refractivity contribution is 0.111. The molecule has 0 aliphatic carbocycles. The molecule has 112 valence electrons. The zero-order valence-corrected chi connectivity index (χ0v) is 12.8. The molecule has 0 amide bonds. The SMILES string of the molecule is CC(C)C1CCCN(c2nc3ccccn3c2C=O)CC1. The Labute approximate surface area is 125 Å². The summed E-state index contributed by atoms with van der Waals surface area (Å²) in [5.74, 6) is 2.36. The molecule has 0 radical (unpaired) electrons. The van der Waals surface area contributed by atoms with Crippen LogP contribution in [0.15, 0.2) is 24.4 Å². The predicted molar refractivity (Wildman–Crippen MR) is 85.0 cm³/mol. The average molecular weight is 285 g/mol. The first kappa shape index (κ1) is 14.1. The van der Waals surface area contributed by atoms with E-state index in [1.807, 2.05) is 28.8 Å². The third-order valence-corrected chi connectivity index (χ3v) is 4.67. The molecule has 4 nitrogen and oxygen atoms in total. The third kappa shape index (κ3) is 2.67. The van der Waals surface area contributed by atoms with E-state index in [0.29, 0.717) is 5.69 Å². The Kier molecular flexibility index (Phi) is 3.95. The van der Waals surface area contributed by atoms with Crippen molar-refractivity contribution in [1.29, 1.82) is 0 Å². The first-order chi connectivity index (χ1) is 10.2. The number of carbonyl (C=O) groups is 1. The summed E-state index contributed by atoms with van der Waals surface area (Å²) in [5.41, 5.74) is 1.52. The van der Waals surface area contributed by atoms with Gasteiger partial charge in [0.1, 0.15) is 11.3 Å². The highest BCUT2D eigenvalue weighted by molar-refractivity contribution is 5.83. The molecule has 1 saturated heterocycles. The summed E-state index contributed by atoms with van der Waals surface area (Å²) < 4.78 is 1.88. The number of hydrogen-bond acceptors (Lipinski definition) is 3. The molecule has 0 aromatic carbocycles. The van der Waals surface area contributed by atoms with E-state index in [2.05, 4.69) is 23.7 Å². The predicted octanol–water partition coefficient (Wildman–Crippen LogP) is 3.41. The Morgan fingerprint density at radius 2 is 2.14 bits per heavy atom. The van der Waals surface area contributed by atoms with Gasteiger partial charge in [0, 0.05) is 19.3 Å². The summed E-state index contributed by atoms with van der Waals surface area (Å²) in [7, 11) is 0. The minimum absolute atomic E-state index is 0.675. The Morgan fingerprint density at radius 1 is 1.29 bits per heavy atom. The van der Waals surface area contributed by atoms with Gasteiger partial charge in [-0.3, -0.25) is 9.20 Å². The van der Waals surface area contributed by atoms with Crippen LogP contribution in [0.4, 0.5) is 5.82 Å². The van der Waals surface area contributed by atoms with Crippen LogP contribution in [-0.2, 0) is 0 Å². The molecule has 2 aromatic rings. The van der Waals surface area contributed by atoms with Gasteiger partial charge in [0.2, 0.25) is 0 Å². The van der Waals surface area contributed by atoms with Crippen molar-refractivity contribution >= 4 is 17.8 Å². The number of aldehydes is 1. The fourth-order valence-electron chi connectivity index (χ4n) is 3.35. The molecule has 0 bridgehead atoms. The minimum atomic E-state index is 0.675. The van der Waals surface area contributed by atoms with Gasteiger partial charge < -0.3 is 4.90 Å². The maximum absolute atomic E-state index is 11.5. The van der Waals surface area contributed by atoms with E-state index in [1.165, 1.54) is 19.3 Å². The molecule has 1 atom stereocenters. The van der Waals surface area contributed by atoms with Gasteiger partial charge in [0.15, 0.2) is 12.1 Å². The Hall–Kier alpha value is -1.84. The molecule has 0 N–H and O–H groups in total. The first-order valence-corrected chi connectivity index (χ1v) is 7.88. The number of hydrogen-bond donors (Lipinski definition) is 0. The lowest BCUT2D eigenvalue weighted by atomic mass is 9.89. The molecule has 1 unspecified atom stereocenters. The van der Waals surface area contributed by atoms with Crippen molar-refractivity contribution in [3.63, 3.8) is 0 Å². The van der Waals surface area contributed by atoms with Crippen molar-refractivity contribution in [2.75, 3.05) is 18.0 Å². The van der Waals surface area contributed by atoms with Crippen LogP contribution in [-0.4, -0.2) is 28.8 Å². The molecule has 1 fully saturated rings. The van der Waals surface area contributed by atoms with Crippen LogP contribution >= 0.6 is 0 Å². The molecule has 1 aliphatic rings. The Morgan fingerprint density at radius 3 is 2.90 bits per heavy atom. The first-order valence-electron chi connectivity index (χ1n) is 7.88. The van der Waals surface area contributed by atoms with Gasteiger partial charge in [-0.2, -0.15) is 0 Å². The van der Waals surface area contributed by atoms with Crippen molar-refractivity contribution in [2.45, 2.75) is 33.1 Å². The molecule has 2 aromatic heterocycles. The molecule has 0 spiro atoms. The van der Waals surface area contributed by atoms with Crippen molar-refractivity contribution in [1.82, 2.24) is 9.38 Å². The second-order valence-electron chi connectivity index (χ2n) is 6.29. The normalized spacial score (nSPS) is 20.0. The summed E-state index contributed by atoms with van der Waals surface area (Å²) in [4.78, 5) is 18.5. The van der Waals surface area contributed by atoms with Crippen LogP contribution in [0.3, 0.4) is 0 Å². The molecule has 0 saturated carbocycles. The number of nitrogens with zero attached hydrogens (tertiary/aromatic N) is 3. The van der Waals surface area contributed by atoms with E-state index < -0.39 is 0 Å². The van der Waals surface area contributed by atoms with Crippen LogP contribution in [0.1, 0.15) is 43.6 Å². The Balaban J connectivity index is 1.91. The Bertz CT molecular complexity index is 632. The molecule has 1 aliphatic heterocycles. The van der Waals surface area contributed by atoms with Crippen molar-refractivity contribution in [3.05, 3.63) is 30.1 Å². The van der Waals surface area contributed by atoms with Gasteiger partial charge >= 0.3 is 0 Å². The summed E-state index contributed by atoms with van der Waals surface area (Å²) in [6.07, 6.45) is 6.47. The van der Waals surface area contributed by atoms with Crippen molar-refractivity contribution < 1.29 is 4.79 Å². The standard InChI is InChI=1S/C17H23N3O/c1-13(2)14-6-5-9-19(11-8-14)17-15(12-21)20-10-4-3-7-16(20)18-17/h3-4,7,10,12-14H,5-6,8-9,11H2,1-2H3. The molecule has 3 rings (SSSR count). The quantitative estimate of drug-likeness (QED) is 0.811. The van der Waals surface area contributed by atoms with Crippen molar-refractivity contribution in [2.24, 2.45) is 11.8 Å². The van der Waals surface area contributed by atoms with E-state index in [4.69, 9.17) is 0 Å². The number of anilines is 1. The van der Waals surface area contributed by atoms with Crippen LogP contribution in [0.25, 0.3) is 5.65 Å². The van der Waals surface area contributed by atoms with Gasteiger partial charge in [-0.25, -0.2) is 4.98 Å². The van der Waals surface area contributed by atoms with Crippen molar-refractivity contribution in [3.8, 4) is 0 Å². The second-order valence-corrected chi connectivity index (χ2v) is 6.29. The molecular formula is C17H23N3O. The number of rotatable bonds is 3. The van der Waals surface area contributed by atoms with Crippen LogP contribution < -0.4 is 4.90 Å². The number of carbonyl (C=O) groups excluding carboxylic acids is 1. The number of pyridine rings is 1. The van der Waals surface area contributed by atoms with E-state index in [-0.39, 0.29) is 0 Å². The van der Waals surface area contributed by atoms with Gasteiger partial charge in [-0.05, 0) is 43.2 Å². The van der Waals surface area contributed by atoms with E-state index >= 15 is 0 Å². The monoisotopic (exact) mass is 285 g/mol. The van der Waals surface area contributed by atoms with Gasteiger partial charge in [0.25, 0.3) is 0 Å². The molecule has 3 heterocycles. The van der Waals surface area contributed by atoms with E-state index in [1.54, 1.807) is 0 Å². The highest BCUT2D eigenvalue weighted by Crippen LogP contribution is 2.28. The third-order valence-electron chi connectivity index (χ3n) is 4.67. The largest absolute Gasteiger partial charge is 0.355 e. The zero-order valence-electron chi connectivity index (χ0n) is 12.8. The van der Waals surface area contributed by atoms with E-state index in [9.17, 15) is 4.79 Å². The number of aromatic nitrogens is 2. The molecule has 21 heavy (non-hydrogen) atoms. The minimum Gasteiger partial charge on any atom is -0.355 e.